The van der Waals surface area contributed by atoms with Crippen LogP contribution < -0.4 is 10.6 Å². The van der Waals surface area contributed by atoms with Gasteiger partial charge in [0.1, 0.15) is 0 Å². The van der Waals surface area contributed by atoms with Crippen molar-refractivity contribution in [3.05, 3.63) is 10.6 Å². The minimum absolute atomic E-state index is 0.0885. The van der Waals surface area contributed by atoms with Crippen molar-refractivity contribution in [2.75, 3.05) is 18.0 Å². The fraction of sp³-hybridized carbons (Fsp3) is 0.800. The van der Waals surface area contributed by atoms with Crippen LogP contribution >= 0.6 is 11.3 Å². The Kier molecular flexibility index (Phi) is 4.51. The Morgan fingerprint density at radius 3 is 2.37 bits per heavy atom. The average Bonchev–Trinajstić information content (AvgIpc) is 2.83. The molecule has 2 N–H and O–H groups in total. The van der Waals surface area contributed by atoms with Crippen LogP contribution in [0.5, 0.6) is 0 Å². The highest BCUT2D eigenvalue weighted by Gasteiger charge is 2.26. The van der Waals surface area contributed by atoms with Gasteiger partial charge in [0, 0.05) is 29.9 Å². The highest BCUT2D eigenvalue weighted by atomic mass is 32.1. The van der Waals surface area contributed by atoms with Gasteiger partial charge in [-0.2, -0.15) is 0 Å². The van der Waals surface area contributed by atoms with Crippen LogP contribution in [0, 0.1) is 5.92 Å². The molecular weight excluding hydrogens is 254 g/mol. The molecule has 0 aromatic carbocycles. The summed E-state index contributed by atoms with van der Waals surface area (Å²) in [6.45, 7) is 11.9. The van der Waals surface area contributed by atoms with Crippen LogP contribution in [-0.4, -0.2) is 18.1 Å². The van der Waals surface area contributed by atoms with E-state index in [-0.39, 0.29) is 5.41 Å². The van der Waals surface area contributed by atoms with Gasteiger partial charge in [-0.25, -0.2) is 4.98 Å². The number of nitrogens with zero attached hydrogens (tertiary/aromatic N) is 2. The summed E-state index contributed by atoms with van der Waals surface area (Å²) in [5.74, 6) is 0.910. The summed E-state index contributed by atoms with van der Waals surface area (Å²) in [4.78, 5) is 8.59. The smallest absolute Gasteiger partial charge is 0.185 e. The van der Waals surface area contributed by atoms with Gasteiger partial charge in [-0.3, -0.25) is 0 Å². The molecule has 1 aromatic rings. The van der Waals surface area contributed by atoms with E-state index in [1.807, 2.05) is 0 Å². The molecule has 0 aliphatic carbocycles. The molecule has 2 rings (SSSR count). The van der Waals surface area contributed by atoms with Crippen molar-refractivity contribution in [2.24, 2.45) is 11.7 Å². The van der Waals surface area contributed by atoms with Gasteiger partial charge < -0.3 is 10.6 Å². The van der Waals surface area contributed by atoms with Crippen LogP contribution in [0.2, 0.25) is 0 Å². The second-order valence-corrected chi connectivity index (χ2v) is 7.62. The van der Waals surface area contributed by atoms with Crippen LogP contribution in [0.3, 0.4) is 0 Å². The van der Waals surface area contributed by atoms with Crippen LogP contribution in [0.25, 0.3) is 0 Å². The Morgan fingerprint density at radius 1 is 1.32 bits per heavy atom. The molecule has 3 nitrogen and oxygen atoms in total. The molecule has 0 atom stereocenters. The van der Waals surface area contributed by atoms with Gasteiger partial charge in [-0.15, -0.1) is 11.3 Å². The van der Waals surface area contributed by atoms with Crippen LogP contribution in [-0.2, 0) is 12.0 Å². The van der Waals surface area contributed by atoms with Crippen molar-refractivity contribution in [3.63, 3.8) is 0 Å². The fourth-order valence-electron chi connectivity index (χ4n) is 2.73. The quantitative estimate of drug-likeness (QED) is 0.921. The summed E-state index contributed by atoms with van der Waals surface area (Å²) in [6.07, 6.45) is 3.92. The molecule has 0 unspecified atom stereocenters. The summed E-state index contributed by atoms with van der Waals surface area (Å²) in [5, 5.41) is 1.18. The lowest BCUT2D eigenvalue weighted by atomic mass is 9.91. The Morgan fingerprint density at radius 2 is 1.95 bits per heavy atom. The lowest BCUT2D eigenvalue weighted by molar-refractivity contribution is 0.394. The van der Waals surface area contributed by atoms with Crippen LogP contribution in [0.15, 0.2) is 0 Å². The first kappa shape index (κ1) is 14.8. The highest BCUT2D eigenvalue weighted by Crippen LogP contribution is 2.35. The normalized spacial score (nSPS) is 18.1. The number of anilines is 1. The molecule has 0 spiro atoms. The second-order valence-electron chi connectivity index (χ2n) is 6.56. The zero-order valence-electron chi connectivity index (χ0n) is 12.7. The molecule has 1 aliphatic rings. The first-order chi connectivity index (χ1) is 8.95. The Balaban J connectivity index is 2.16. The molecule has 19 heavy (non-hydrogen) atoms. The molecule has 2 heterocycles. The number of aromatic nitrogens is 1. The standard InChI is InChI=1S/C15H27N3S/c1-5-11-6-8-18(9-7-11)14-17-13(15(2,3)4)12(10-16)19-14/h11H,5-10,16H2,1-4H3. The summed E-state index contributed by atoms with van der Waals surface area (Å²) >= 11 is 1.79. The van der Waals surface area contributed by atoms with Gasteiger partial charge in [0.05, 0.1) is 5.69 Å². The van der Waals surface area contributed by atoms with Crippen molar-refractivity contribution in [1.82, 2.24) is 4.98 Å². The summed E-state index contributed by atoms with van der Waals surface area (Å²) in [6, 6.07) is 0. The second kappa shape index (κ2) is 5.80. The van der Waals surface area contributed by atoms with Gasteiger partial charge in [0.25, 0.3) is 0 Å². The molecule has 1 aromatic heterocycles. The van der Waals surface area contributed by atoms with Gasteiger partial charge in [0.15, 0.2) is 5.13 Å². The van der Waals surface area contributed by atoms with Crippen LogP contribution in [0.1, 0.15) is 57.5 Å². The maximum Gasteiger partial charge on any atom is 0.185 e. The lowest BCUT2D eigenvalue weighted by Gasteiger charge is -2.31. The van der Waals surface area contributed by atoms with Gasteiger partial charge >= 0.3 is 0 Å². The van der Waals surface area contributed by atoms with Crippen molar-refractivity contribution in [1.29, 1.82) is 0 Å². The zero-order valence-corrected chi connectivity index (χ0v) is 13.5. The first-order valence-electron chi connectivity index (χ1n) is 7.41. The third kappa shape index (κ3) is 3.29. The Bertz CT molecular complexity index is 412. The summed E-state index contributed by atoms with van der Waals surface area (Å²) < 4.78 is 0. The molecule has 4 heteroatoms. The number of nitrogens with two attached hydrogens (primary N) is 1. The van der Waals surface area contributed by atoms with E-state index in [1.165, 1.54) is 35.0 Å². The van der Waals surface area contributed by atoms with Crippen molar-refractivity contribution in [2.45, 2.75) is 58.9 Å². The molecule has 1 aliphatic heterocycles. The molecule has 1 fully saturated rings. The minimum Gasteiger partial charge on any atom is -0.348 e. The third-order valence-electron chi connectivity index (χ3n) is 4.04. The first-order valence-corrected chi connectivity index (χ1v) is 8.22. The van der Waals surface area contributed by atoms with Crippen LogP contribution in [0.4, 0.5) is 5.13 Å². The molecule has 108 valence electrons. The van der Waals surface area contributed by atoms with Gasteiger partial charge in [-0.05, 0) is 18.8 Å². The number of hydrogen-bond donors (Lipinski definition) is 1. The van der Waals surface area contributed by atoms with Crippen molar-refractivity contribution in [3.8, 4) is 0 Å². The third-order valence-corrected chi connectivity index (χ3v) is 5.18. The van der Waals surface area contributed by atoms with E-state index >= 15 is 0 Å². The number of piperidine rings is 1. The number of thiazole rings is 1. The fourth-order valence-corrected chi connectivity index (χ4v) is 3.93. The maximum atomic E-state index is 5.89. The lowest BCUT2D eigenvalue weighted by Crippen LogP contribution is -2.33. The molecule has 0 amide bonds. The molecule has 0 radical (unpaired) electrons. The van der Waals surface area contributed by atoms with Crippen molar-refractivity contribution >= 4 is 16.5 Å². The number of hydrogen-bond acceptors (Lipinski definition) is 4. The SMILES string of the molecule is CCC1CCN(c2nc(C(C)(C)C)c(CN)s2)CC1. The largest absolute Gasteiger partial charge is 0.348 e. The maximum absolute atomic E-state index is 5.89. The van der Waals surface area contributed by atoms with E-state index in [0.29, 0.717) is 6.54 Å². The van der Waals surface area contributed by atoms with Crippen molar-refractivity contribution < 1.29 is 0 Å². The van der Waals surface area contributed by atoms with E-state index in [4.69, 9.17) is 10.7 Å². The molecule has 0 bridgehead atoms. The van der Waals surface area contributed by atoms with Gasteiger partial charge in [0.2, 0.25) is 0 Å². The Hall–Kier alpha value is -0.610. The molecular formula is C15H27N3S. The van der Waals surface area contributed by atoms with E-state index in [0.717, 1.165) is 19.0 Å². The van der Waals surface area contributed by atoms with E-state index in [2.05, 4.69) is 32.6 Å². The highest BCUT2D eigenvalue weighted by molar-refractivity contribution is 7.15. The molecule has 1 saturated heterocycles. The number of rotatable bonds is 3. The monoisotopic (exact) mass is 281 g/mol. The average molecular weight is 281 g/mol. The van der Waals surface area contributed by atoms with E-state index < -0.39 is 0 Å². The van der Waals surface area contributed by atoms with E-state index in [1.54, 1.807) is 11.3 Å². The topological polar surface area (TPSA) is 42.2 Å². The Labute approximate surface area is 121 Å². The molecule has 0 saturated carbocycles. The van der Waals surface area contributed by atoms with Gasteiger partial charge in [-0.1, -0.05) is 34.1 Å². The minimum atomic E-state index is 0.0885. The summed E-state index contributed by atoms with van der Waals surface area (Å²) in [5.41, 5.74) is 7.16. The zero-order chi connectivity index (χ0) is 14.0. The van der Waals surface area contributed by atoms with E-state index in [9.17, 15) is 0 Å². The predicted molar refractivity (Wildman–Crippen MR) is 83.9 cm³/mol. The summed E-state index contributed by atoms with van der Waals surface area (Å²) in [7, 11) is 0. The predicted octanol–water partition coefficient (Wildman–Crippen LogP) is 3.53.